The van der Waals surface area contributed by atoms with Gasteiger partial charge >= 0.3 is 29.6 Å². The van der Waals surface area contributed by atoms with E-state index < -0.39 is 20.9 Å². The van der Waals surface area contributed by atoms with Crippen LogP contribution in [0.3, 0.4) is 0 Å². The fraction of sp³-hybridized carbons (Fsp3) is 0.125. The van der Waals surface area contributed by atoms with Crippen molar-refractivity contribution in [3.05, 3.63) is 18.2 Å². The molecule has 8 heteroatoms. The Hall–Kier alpha value is -0.600. The minimum absolute atomic E-state index is 0. The predicted molar refractivity (Wildman–Crippen MR) is 53.4 cm³/mol. The molecule has 6 nitrogen and oxygen atoms in total. The number of nitrogens with zero attached hydrogens (tertiary/aromatic N) is 1. The number of rotatable bonds is 2. The summed E-state index contributed by atoms with van der Waals surface area (Å²) in [4.78, 5) is 3.05. The first-order valence-electron chi connectivity index (χ1n) is 3.90. The molecule has 0 aromatic heterocycles. The van der Waals surface area contributed by atoms with Gasteiger partial charge in [0.25, 0.3) is 10.1 Å². The van der Waals surface area contributed by atoms with Gasteiger partial charge in [0.2, 0.25) is 0 Å². The average Bonchev–Trinajstić information content (AvgIpc) is 2.05. The maximum absolute atomic E-state index is 10.8. The molecule has 0 fully saturated rings. The quantitative estimate of drug-likeness (QED) is 0.190. The standard InChI is InChI=1S/C8H10N2O4S.Na/c1-5(11)10-6-2-3-7(9)8(4-6)15(12,13)14;/h2-4H,9H2,1H3,(H,10,11)(H,12,13,14);/q;+1/p-1. The van der Waals surface area contributed by atoms with Crippen LogP contribution in [0.2, 0.25) is 0 Å². The van der Waals surface area contributed by atoms with Gasteiger partial charge in [0, 0.05) is 0 Å². The van der Waals surface area contributed by atoms with Crippen LogP contribution in [0.5, 0.6) is 0 Å². The van der Waals surface area contributed by atoms with E-state index in [0.29, 0.717) is 0 Å². The summed E-state index contributed by atoms with van der Waals surface area (Å²) in [5.74, 6) is -0.471. The Bertz CT molecular complexity index is 509. The van der Waals surface area contributed by atoms with E-state index in [1.54, 1.807) is 0 Å². The molecule has 0 spiro atoms. The summed E-state index contributed by atoms with van der Waals surface area (Å²) < 4.78 is 30.5. The number of hydrogen-bond acceptors (Lipinski definition) is 5. The molecule has 1 aromatic carbocycles. The van der Waals surface area contributed by atoms with Crippen LogP contribution in [0.15, 0.2) is 28.1 Å². The van der Waals surface area contributed by atoms with Crippen molar-refractivity contribution in [1.82, 2.24) is 0 Å². The first-order valence-corrected chi connectivity index (χ1v) is 5.34. The molecule has 0 saturated carbocycles. The number of nitrogen functional groups attached to an aromatic ring is 1. The second-order valence-electron chi connectivity index (χ2n) is 2.83. The Morgan fingerprint density at radius 3 is 2.50 bits per heavy atom. The minimum atomic E-state index is -4.39. The molecule has 0 bridgehead atoms. The third-order valence-electron chi connectivity index (χ3n) is 1.56. The van der Waals surface area contributed by atoms with Crippen molar-refractivity contribution in [2.45, 2.75) is 11.8 Å². The molecule has 0 aliphatic rings. The molecule has 0 aliphatic heterocycles. The Labute approximate surface area is 115 Å². The van der Waals surface area contributed by atoms with Crippen LogP contribution in [0, 0.1) is 0 Å². The van der Waals surface area contributed by atoms with Gasteiger partial charge in [-0.3, -0.25) is 9.55 Å². The van der Waals surface area contributed by atoms with Crippen LogP contribution in [-0.4, -0.2) is 18.9 Å². The summed E-state index contributed by atoms with van der Waals surface area (Å²) in [5.41, 5.74) is 5.37. The molecule has 0 radical (unpaired) electrons. The molecule has 82 valence electrons. The van der Waals surface area contributed by atoms with E-state index in [9.17, 15) is 13.5 Å². The predicted octanol–water partition coefficient (Wildman–Crippen LogP) is -3.07. The van der Waals surface area contributed by atoms with Crippen LogP contribution in [0.1, 0.15) is 6.92 Å². The van der Waals surface area contributed by atoms with Crippen LogP contribution >= 0.6 is 0 Å². The summed E-state index contributed by atoms with van der Waals surface area (Å²) in [6, 6.07) is 3.67. The van der Waals surface area contributed by atoms with E-state index in [4.69, 9.17) is 10.3 Å². The third kappa shape index (κ3) is 4.11. The van der Waals surface area contributed by atoms with Gasteiger partial charge in [0.1, 0.15) is 4.90 Å². The van der Waals surface area contributed by atoms with E-state index in [0.717, 1.165) is 6.07 Å². The van der Waals surface area contributed by atoms with Crippen molar-refractivity contribution in [3.8, 4) is 0 Å². The molecule has 1 aromatic rings. The van der Waals surface area contributed by atoms with Crippen LogP contribution in [0.25, 0.3) is 0 Å². The largest absolute Gasteiger partial charge is 1.00 e. The third-order valence-corrected chi connectivity index (χ3v) is 2.47. The van der Waals surface area contributed by atoms with Crippen molar-refractivity contribution in [3.63, 3.8) is 0 Å². The van der Waals surface area contributed by atoms with E-state index in [-0.39, 0.29) is 40.9 Å². The fourth-order valence-corrected chi connectivity index (χ4v) is 1.63. The molecule has 0 amide bonds. The van der Waals surface area contributed by atoms with Crippen molar-refractivity contribution < 1.29 is 47.6 Å². The van der Waals surface area contributed by atoms with E-state index in [1.807, 2.05) is 0 Å². The number of benzene rings is 1. The molecule has 0 atom stereocenters. The van der Waals surface area contributed by atoms with Crippen LogP contribution < -0.4 is 40.4 Å². The number of hydrogen-bond donors (Lipinski definition) is 2. The maximum atomic E-state index is 10.8. The zero-order chi connectivity index (χ0) is 11.6. The van der Waals surface area contributed by atoms with Gasteiger partial charge in [-0.25, -0.2) is 0 Å². The molecular weight excluding hydrogens is 243 g/mol. The normalized spacial score (nSPS) is 12.0. The maximum Gasteiger partial charge on any atom is 1.00 e. The van der Waals surface area contributed by atoms with Gasteiger partial charge in [0.05, 0.1) is 11.4 Å². The van der Waals surface area contributed by atoms with Crippen LogP contribution in [0.4, 0.5) is 11.4 Å². The molecule has 0 aliphatic carbocycles. The molecule has 0 unspecified atom stereocenters. The monoisotopic (exact) mass is 252 g/mol. The smallest absolute Gasteiger partial charge is 0.862 e. The zero-order valence-corrected chi connectivity index (χ0v) is 11.7. The SMILES string of the molecule is CC([O-])=Nc1ccc(N)c(S(=O)(=O)O)c1.[Na+]. The first kappa shape index (κ1) is 15.4. The first-order chi connectivity index (χ1) is 6.80. The van der Waals surface area contributed by atoms with E-state index in [1.165, 1.54) is 19.1 Å². The summed E-state index contributed by atoms with van der Waals surface area (Å²) in [5, 5.41) is 10.6. The average molecular weight is 252 g/mol. The van der Waals surface area contributed by atoms with E-state index >= 15 is 0 Å². The molecule has 0 saturated heterocycles. The number of aliphatic imine (C=N–C) groups is 1. The Morgan fingerprint density at radius 2 is 2.06 bits per heavy atom. The topological polar surface area (TPSA) is 116 Å². The summed E-state index contributed by atoms with van der Waals surface area (Å²) >= 11 is 0. The molecule has 16 heavy (non-hydrogen) atoms. The van der Waals surface area contributed by atoms with Gasteiger partial charge in [-0.05, 0) is 31.0 Å². The van der Waals surface area contributed by atoms with Gasteiger partial charge in [-0.1, -0.05) is 0 Å². The Kier molecular flexibility index (Phi) is 5.43. The minimum Gasteiger partial charge on any atom is -0.862 e. The van der Waals surface area contributed by atoms with Gasteiger partial charge in [-0.2, -0.15) is 8.42 Å². The van der Waals surface area contributed by atoms with Crippen molar-refractivity contribution >= 4 is 27.4 Å². The van der Waals surface area contributed by atoms with Crippen molar-refractivity contribution in [2.75, 3.05) is 5.73 Å². The molecular formula is C8H9N2NaO4S. The number of nitrogens with two attached hydrogens (primary N) is 1. The second kappa shape index (κ2) is 5.65. The van der Waals surface area contributed by atoms with Crippen molar-refractivity contribution in [1.29, 1.82) is 0 Å². The second-order valence-corrected chi connectivity index (χ2v) is 4.22. The Morgan fingerprint density at radius 1 is 1.50 bits per heavy atom. The van der Waals surface area contributed by atoms with Gasteiger partial charge < -0.3 is 10.8 Å². The summed E-state index contributed by atoms with van der Waals surface area (Å²) in [7, 11) is -4.39. The molecule has 0 heterocycles. The van der Waals surface area contributed by atoms with Crippen LogP contribution in [-0.2, 0) is 10.1 Å². The Balaban J connectivity index is 0.00000225. The van der Waals surface area contributed by atoms with E-state index in [2.05, 4.69) is 4.99 Å². The zero-order valence-electron chi connectivity index (χ0n) is 8.84. The molecule has 3 N–H and O–H groups in total. The molecule has 1 rings (SSSR count). The van der Waals surface area contributed by atoms with Crippen molar-refractivity contribution in [2.24, 2.45) is 4.99 Å². The summed E-state index contributed by atoms with van der Waals surface area (Å²) in [6.07, 6.45) is 0. The fourth-order valence-electron chi connectivity index (χ4n) is 0.998. The number of anilines is 1. The van der Waals surface area contributed by atoms with Gasteiger partial charge in [-0.15, -0.1) is 0 Å². The van der Waals surface area contributed by atoms with Gasteiger partial charge in [0.15, 0.2) is 0 Å². The summed E-state index contributed by atoms with van der Waals surface area (Å²) in [6.45, 7) is 1.23.